The Labute approximate surface area is 69.7 Å². The molecule has 0 saturated carbocycles. The number of amides is 1. The first-order valence-corrected chi connectivity index (χ1v) is 3.45. The topological polar surface area (TPSA) is 88.8 Å². The molecule has 0 unspecified atom stereocenters. The van der Waals surface area contributed by atoms with E-state index in [1.807, 2.05) is 0 Å². The summed E-state index contributed by atoms with van der Waals surface area (Å²) in [5.41, 5.74) is 4.52. The van der Waals surface area contributed by atoms with Crippen molar-refractivity contribution in [2.45, 2.75) is 0 Å². The molecule has 0 spiro atoms. The minimum atomic E-state index is -0.679. The molecular formula is C5H4BrN3O2. The highest BCUT2D eigenvalue weighted by Crippen LogP contribution is 2.01. The van der Waals surface area contributed by atoms with Gasteiger partial charge in [-0.05, 0) is 22.0 Å². The first kappa shape index (κ1) is 7.93. The minimum absolute atomic E-state index is 0.0245. The Morgan fingerprint density at radius 3 is 2.82 bits per heavy atom. The van der Waals surface area contributed by atoms with Crippen LogP contribution in [0.25, 0.3) is 0 Å². The predicted octanol–water partition coefficient (Wildman–Crippen LogP) is -0.369. The van der Waals surface area contributed by atoms with Gasteiger partial charge >= 0.3 is 0 Å². The van der Waals surface area contributed by atoms with E-state index < -0.39 is 11.5 Å². The molecule has 0 atom stereocenters. The first-order chi connectivity index (χ1) is 5.11. The zero-order valence-corrected chi connectivity index (χ0v) is 6.88. The fourth-order valence-corrected chi connectivity index (χ4v) is 0.814. The summed E-state index contributed by atoms with van der Waals surface area (Å²) in [5, 5.41) is 5.49. The average Bonchev–Trinajstić information content (AvgIpc) is 1.94. The maximum atomic E-state index is 10.7. The van der Waals surface area contributed by atoms with Gasteiger partial charge in [0.2, 0.25) is 0 Å². The molecule has 5 nitrogen and oxygen atoms in total. The summed E-state index contributed by atoms with van der Waals surface area (Å²) in [6, 6.07) is 1.27. The van der Waals surface area contributed by atoms with Crippen LogP contribution in [0.5, 0.6) is 0 Å². The molecule has 3 N–H and O–H groups in total. The van der Waals surface area contributed by atoms with E-state index in [4.69, 9.17) is 5.73 Å². The number of hydrogen-bond acceptors (Lipinski definition) is 3. The van der Waals surface area contributed by atoms with Gasteiger partial charge in [-0.1, -0.05) is 0 Å². The zero-order valence-electron chi connectivity index (χ0n) is 5.30. The van der Waals surface area contributed by atoms with E-state index in [-0.39, 0.29) is 10.2 Å². The summed E-state index contributed by atoms with van der Waals surface area (Å²) in [6.07, 6.45) is 0. The van der Waals surface area contributed by atoms with Crippen LogP contribution in [-0.2, 0) is 0 Å². The van der Waals surface area contributed by atoms with E-state index in [0.29, 0.717) is 0 Å². The lowest BCUT2D eigenvalue weighted by Gasteiger charge is -1.92. The molecule has 0 fully saturated rings. The molecule has 0 aliphatic rings. The molecule has 1 amide bonds. The van der Waals surface area contributed by atoms with Crippen LogP contribution in [0.3, 0.4) is 0 Å². The number of halogens is 1. The summed E-state index contributed by atoms with van der Waals surface area (Å²) in [5.74, 6) is -0.679. The summed E-state index contributed by atoms with van der Waals surface area (Å²) < 4.78 is 0.237. The van der Waals surface area contributed by atoms with Crippen molar-refractivity contribution in [2.75, 3.05) is 0 Å². The summed E-state index contributed by atoms with van der Waals surface area (Å²) in [7, 11) is 0. The van der Waals surface area contributed by atoms with Gasteiger partial charge in [0.15, 0.2) is 0 Å². The monoisotopic (exact) mass is 217 g/mol. The minimum Gasteiger partial charge on any atom is -0.364 e. The number of carbonyl (C=O) groups is 1. The van der Waals surface area contributed by atoms with Crippen molar-refractivity contribution in [2.24, 2.45) is 5.73 Å². The second-order valence-corrected chi connectivity index (χ2v) is 2.65. The predicted molar refractivity (Wildman–Crippen MR) is 41.1 cm³/mol. The maximum absolute atomic E-state index is 10.7. The number of nitrogens with zero attached hydrogens (tertiary/aromatic N) is 1. The molecule has 0 aliphatic carbocycles. The van der Waals surface area contributed by atoms with Gasteiger partial charge in [0, 0.05) is 0 Å². The van der Waals surface area contributed by atoms with Crippen LogP contribution in [0, 0.1) is 0 Å². The molecule has 6 heteroatoms. The third kappa shape index (κ3) is 1.64. The lowest BCUT2D eigenvalue weighted by molar-refractivity contribution is 0.0994. The number of aromatic amines is 1. The molecule has 1 heterocycles. The van der Waals surface area contributed by atoms with Gasteiger partial charge in [-0.3, -0.25) is 9.59 Å². The Morgan fingerprint density at radius 1 is 1.73 bits per heavy atom. The number of hydrogen-bond donors (Lipinski definition) is 2. The van der Waals surface area contributed by atoms with Crippen molar-refractivity contribution in [3.05, 3.63) is 26.6 Å². The standard InChI is InChI=1S/C5H4BrN3O2/c6-2-1-3(4(7)10)8-9-5(2)11/h1H,(H2,7,10)(H,9,11). The van der Waals surface area contributed by atoms with Gasteiger partial charge in [-0.25, -0.2) is 5.10 Å². The molecule has 0 radical (unpaired) electrons. The van der Waals surface area contributed by atoms with Gasteiger partial charge in [0.25, 0.3) is 11.5 Å². The Hall–Kier alpha value is -1.17. The highest BCUT2D eigenvalue weighted by molar-refractivity contribution is 9.10. The zero-order chi connectivity index (χ0) is 8.43. The summed E-state index contributed by atoms with van der Waals surface area (Å²) >= 11 is 2.92. The number of aromatic nitrogens is 2. The van der Waals surface area contributed by atoms with Crippen molar-refractivity contribution in [3.8, 4) is 0 Å². The Kier molecular flexibility index (Phi) is 2.04. The van der Waals surface area contributed by atoms with Gasteiger partial charge in [0.05, 0.1) is 4.47 Å². The highest BCUT2D eigenvalue weighted by atomic mass is 79.9. The smallest absolute Gasteiger partial charge is 0.278 e. The normalized spacial score (nSPS) is 9.55. The second kappa shape index (κ2) is 2.83. The fourth-order valence-electron chi connectivity index (χ4n) is 0.508. The van der Waals surface area contributed by atoms with Crippen LogP contribution >= 0.6 is 15.9 Å². The third-order valence-electron chi connectivity index (χ3n) is 1.01. The molecule has 0 bridgehead atoms. The van der Waals surface area contributed by atoms with Crippen molar-refractivity contribution < 1.29 is 4.79 Å². The second-order valence-electron chi connectivity index (χ2n) is 1.79. The SMILES string of the molecule is NC(=O)c1cc(Br)c(=O)[nH]n1. The molecule has 0 aromatic carbocycles. The van der Waals surface area contributed by atoms with Crippen molar-refractivity contribution in [1.29, 1.82) is 0 Å². The van der Waals surface area contributed by atoms with Crippen molar-refractivity contribution in [3.63, 3.8) is 0 Å². The van der Waals surface area contributed by atoms with Crippen LogP contribution < -0.4 is 11.3 Å². The molecular weight excluding hydrogens is 214 g/mol. The number of nitrogens with two attached hydrogens (primary N) is 1. The third-order valence-corrected chi connectivity index (χ3v) is 1.60. The number of nitrogens with one attached hydrogen (secondary N) is 1. The molecule has 0 aliphatic heterocycles. The lowest BCUT2D eigenvalue weighted by Crippen LogP contribution is -2.18. The van der Waals surface area contributed by atoms with E-state index in [1.165, 1.54) is 6.07 Å². The van der Waals surface area contributed by atoms with Crippen molar-refractivity contribution >= 4 is 21.8 Å². The van der Waals surface area contributed by atoms with Gasteiger partial charge in [-0.15, -0.1) is 0 Å². The molecule has 58 valence electrons. The van der Waals surface area contributed by atoms with Crippen LogP contribution in [-0.4, -0.2) is 16.1 Å². The number of H-pyrrole nitrogens is 1. The Balaban J connectivity index is 3.26. The number of rotatable bonds is 1. The summed E-state index contributed by atoms with van der Waals surface area (Å²) in [4.78, 5) is 21.2. The quantitative estimate of drug-likeness (QED) is 0.673. The van der Waals surface area contributed by atoms with E-state index in [9.17, 15) is 9.59 Å². The Morgan fingerprint density at radius 2 is 2.36 bits per heavy atom. The van der Waals surface area contributed by atoms with E-state index in [2.05, 4.69) is 26.1 Å². The molecule has 1 aromatic rings. The largest absolute Gasteiger partial charge is 0.364 e. The fraction of sp³-hybridized carbons (Fsp3) is 0. The first-order valence-electron chi connectivity index (χ1n) is 2.66. The van der Waals surface area contributed by atoms with E-state index in [1.54, 1.807) is 0 Å². The van der Waals surface area contributed by atoms with Crippen molar-refractivity contribution in [1.82, 2.24) is 10.2 Å². The van der Waals surface area contributed by atoms with E-state index >= 15 is 0 Å². The van der Waals surface area contributed by atoms with Crippen LogP contribution in [0.1, 0.15) is 10.5 Å². The van der Waals surface area contributed by atoms with Crippen LogP contribution in [0.4, 0.5) is 0 Å². The molecule has 1 aromatic heterocycles. The highest BCUT2D eigenvalue weighted by Gasteiger charge is 2.03. The molecule has 0 saturated heterocycles. The Bertz CT molecular complexity index is 346. The molecule has 1 rings (SSSR count). The van der Waals surface area contributed by atoms with Gasteiger partial charge in [-0.2, -0.15) is 5.10 Å². The number of carbonyl (C=O) groups excluding carboxylic acids is 1. The lowest BCUT2D eigenvalue weighted by atomic mass is 10.4. The maximum Gasteiger partial charge on any atom is 0.278 e. The van der Waals surface area contributed by atoms with Gasteiger partial charge < -0.3 is 5.73 Å². The van der Waals surface area contributed by atoms with Gasteiger partial charge in [0.1, 0.15) is 5.69 Å². The van der Waals surface area contributed by atoms with Crippen LogP contribution in [0.2, 0.25) is 0 Å². The number of primary amides is 1. The van der Waals surface area contributed by atoms with E-state index in [0.717, 1.165) is 0 Å². The van der Waals surface area contributed by atoms with Crippen LogP contribution in [0.15, 0.2) is 15.3 Å². The average molecular weight is 218 g/mol. The summed E-state index contributed by atoms with van der Waals surface area (Å²) in [6.45, 7) is 0. The molecule has 11 heavy (non-hydrogen) atoms.